The molecule has 0 radical (unpaired) electrons. The van der Waals surface area contributed by atoms with Crippen molar-refractivity contribution in [3.8, 4) is 12.3 Å². The van der Waals surface area contributed by atoms with Crippen LogP contribution in [-0.2, 0) is 11.2 Å². The van der Waals surface area contributed by atoms with Crippen molar-refractivity contribution in [3.05, 3.63) is 116 Å². The molecular formula is C34H50N2O. The van der Waals surface area contributed by atoms with Crippen LogP contribution in [0.25, 0.3) is 0 Å². The van der Waals surface area contributed by atoms with Crippen molar-refractivity contribution in [3.63, 3.8) is 0 Å². The van der Waals surface area contributed by atoms with E-state index in [0.29, 0.717) is 12.5 Å². The molecule has 1 heterocycles. The Labute approximate surface area is 228 Å². The second-order valence-corrected chi connectivity index (χ2v) is 7.70. The van der Waals surface area contributed by atoms with Gasteiger partial charge in [-0.05, 0) is 88.0 Å². The van der Waals surface area contributed by atoms with E-state index in [1.807, 2.05) is 74.8 Å². The maximum absolute atomic E-state index is 5.38. The van der Waals surface area contributed by atoms with Gasteiger partial charge < -0.3 is 4.74 Å². The molecule has 37 heavy (non-hydrogen) atoms. The summed E-state index contributed by atoms with van der Waals surface area (Å²) in [4.78, 5) is 7.68. The van der Waals surface area contributed by atoms with Crippen molar-refractivity contribution in [1.29, 1.82) is 0 Å². The number of allylic oxidation sites excluding steroid dienone is 9. The zero-order valence-corrected chi connectivity index (χ0v) is 24.2. The zero-order chi connectivity index (χ0) is 28.6. The number of hydrogen-bond acceptors (Lipinski definition) is 3. The van der Waals surface area contributed by atoms with E-state index >= 15 is 0 Å². The Bertz CT molecular complexity index is 865. The highest BCUT2D eigenvalue weighted by Gasteiger charge is 1.93. The number of pyridine rings is 1. The predicted octanol–water partition coefficient (Wildman–Crippen LogP) is 9.65. The Hall–Kier alpha value is -3.64. The molecule has 0 aliphatic heterocycles. The highest BCUT2D eigenvalue weighted by atomic mass is 16.5. The van der Waals surface area contributed by atoms with E-state index in [0.717, 1.165) is 31.4 Å². The first kappa shape index (κ1) is 37.9. The van der Waals surface area contributed by atoms with Gasteiger partial charge in [-0.15, -0.1) is 13.0 Å². The van der Waals surface area contributed by atoms with Gasteiger partial charge >= 0.3 is 0 Å². The Balaban J connectivity index is -0.000000453. The van der Waals surface area contributed by atoms with E-state index in [9.17, 15) is 0 Å². The van der Waals surface area contributed by atoms with Gasteiger partial charge in [0.15, 0.2) is 0 Å². The summed E-state index contributed by atoms with van der Waals surface area (Å²) in [6, 6.07) is 4.06. The average Bonchev–Trinajstić information content (AvgIpc) is 2.92. The predicted molar refractivity (Wildman–Crippen MR) is 168 cm³/mol. The van der Waals surface area contributed by atoms with Crippen LogP contribution in [0.2, 0.25) is 0 Å². The van der Waals surface area contributed by atoms with Crippen LogP contribution in [0, 0.1) is 18.3 Å². The number of terminal acetylenes is 1. The second-order valence-electron chi connectivity index (χ2n) is 7.70. The lowest BCUT2D eigenvalue weighted by atomic mass is 10.1. The molecule has 0 saturated heterocycles. The third-order valence-electron chi connectivity index (χ3n) is 4.47. The van der Waals surface area contributed by atoms with Crippen molar-refractivity contribution >= 4 is 6.21 Å². The molecule has 0 spiro atoms. The first-order chi connectivity index (χ1) is 17.9. The monoisotopic (exact) mass is 502 g/mol. The molecule has 0 amide bonds. The first-order valence-corrected chi connectivity index (χ1v) is 12.9. The lowest BCUT2D eigenvalue weighted by Gasteiger charge is -2.04. The molecule has 0 saturated carbocycles. The van der Waals surface area contributed by atoms with E-state index < -0.39 is 0 Å². The topological polar surface area (TPSA) is 34.5 Å². The van der Waals surface area contributed by atoms with E-state index in [1.165, 1.54) is 17.3 Å². The third kappa shape index (κ3) is 32.4. The van der Waals surface area contributed by atoms with Crippen molar-refractivity contribution in [2.75, 3.05) is 6.61 Å². The van der Waals surface area contributed by atoms with Crippen LogP contribution in [0.3, 0.4) is 0 Å². The van der Waals surface area contributed by atoms with Crippen LogP contribution in [-0.4, -0.2) is 17.8 Å². The second kappa shape index (κ2) is 32.4. The van der Waals surface area contributed by atoms with Crippen LogP contribution in [0.4, 0.5) is 0 Å². The average molecular weight is 503 g/mol. The van der Waals surface area contributed by atoms with Gasteiger partial charge in [0, 0.05) is 24.8 Å². The Morgan fingerprint density at radius 1 is 1.19 bits per heavy atom. The fourth-order valence-electron chi connectivity index (χ4n) is 2.13. The molecule has 1 atom stereocenters. The Morgan fingerprint density at radius 2 is 1.84 bits per heavy atom. The minimum atomic E-state index is 0.605. The zero-order valence-electron chi connectivity index (χ0n) is 24.2. The highest BCUT2D eigenvalue weighted by molar-refractivity contribution is 5.71. The standard InChI is InChI=1S/C12H13N.C12H20O.C6H9N.C4H8/c1-3-4-11(2)5-6-12-7-9-13-10-8-12;1-5-8-12(13-7-3)10-9-11(4)6-2;1-3-5-6-7-4-2;1-3-4-2/h1,4,7-10H,5-6H2,2H3;5,8-11H,1,6-7H2,2-4H3;3-6H,2H2,1H3;3H,1,4H2,2H3/b11-4+;10-9-,12-8+;5-3-,7-6?;. The fourth-order valence-corrected chi connectivity index (χ4v) is 2.13. The minimum Gasteiger partial charge on any atom is -0.494 e. The summed E-state index contributed by atoms with van der Waals surface area (Å²) < 4.78 is 5.38. The van der Waals surface area contributed by atoms with Crippen molar-refractivity contribution in [2.45, 2.75) is 67.2 Å². The van der Waals surface area contributed by atoms with Crippen LogP contribution >= 0.6 is 0 Å². The number of hydrogen-bond donors (Lipinski definition) is 0. The number of rotatable bonds is 12. The molecule has 3 nitrogen and oxygen atoms in total. The Morgan fingerprint density at radius 3 is 2.30 bits per heavy atom. The molecule has 0 bridgehead atoms. The van der Waals surface area contributed by atoms with Gasteiger partial charge in [-0.3, -0.25) is 9.98 Å². The molecule has 0 aliphatic rings. The van der Waals surface area contributed by atoms with Gasteiger partial charge in [0.05, 0.1) is 6.61 Å². The summed E-state index contributed by atoms with van der Waals surface area (Å²) in [6.07, 6.45) is 31.5. The molecule has 1 unspecified atom stereocenters. The molecule has 1 aromatic rings. The molecule has 0 aromatic carbocycles. The Kier molecular flexibility index (Phi) is 33.1. The summed E-state index contributed by atoms with van der Waals surface area (Å²) in [5.74, 6) is 4.02. The first-order valence-electron chi connectivity index (χ1n) is 12.9. The summed E-state index contributed by atoms with van der Waals surface area (Å²) in [7, 11) is 0. The largest absolute Gasteiger partial charge is 0.494 e. The molecule has 202 valence electrons. The molecule has 1 rings (SSSR count). The summed E-state index contributed by atoms with van der Waals surface area (Å²) in [5.41, 5.74) is 2.55. The quantitative estimate of drug-likeness (QED) is 0.0937. The van der Waals surface area contributed by atoms with E-state index in [1.54, 1.807) is 12.3 Å². The number of aromatic nitrogens is 1. The third-order valence-corrected chi connectivity index (χ3v) is 4.47. The lowest BCUT2D eigenvalue weighted by Crippen LogP contribution is -1.90. The van der Waals surface area contributed by atoms with Crippen LogP contribution in [0.15, 0.2) is 115 Å². The van der Waals surface area contributed by atoms with E-state index in [-0.39, 0.29) is 0 Å². The summed E-state index contributed by atoms with van der Waals surface area (Å²) in [5, 5.41) is 0. The maximum atomic E-state index is 5.38. The molecule has 3 heteroatoms. The van der Waals surface area contributed by atoms with Crippen molar-refractivity contribution in [1.82, 2.24) is 4.98 Å². The van der Waals surface area contributed by atoms with Gasteiger partial charge in [-0.1, -0.05) is 76.1 Å². The van der Waals surface area contributed by atoms with Crippen LogP contribution in [0.5, 0.6) is 0 Å². The van der Waals surface area contributed by atoms with Crippen LogP contribution in [0.1, 0.15) is 66.4 Å². The van der Waals surface area contributed by atoms with Gasteiger partial charge in [-0.25, -0.2) is 0 Å². The van der Waals surface area contributed by atoms with Gasteiger partial charge in [0.2, 0.25) is 0 Å². The number of aryl methyl sites for hydroxylation is 1. The van der Waals surface area contributed by atoms with Crippen molar-refractivity contribution in [2.24, 2.45) is 10.9 Å². The lowest BCUT2D eigenvalue weighted by molar-refractivity contribution is 0.242. The molecule has 0 fully saturated rings. The van der Waals surface area contributed by atoms with Crippen molar-refractivity contribution < 1.29 is 4.74 Å². The highest BCUT2D eigenvalue weighted by Crippen LogP contribution is 2.07. The normalized spacial score (nSPS) is 11.7. The van der Waals surface area contributed by atoms with Gasteiger partial charge in [-0.2, -0.15) is 0 Å². The number of ether oxygens (including phenoxy) is 1. The minimum absolute atomic E-state index is 0.605. The maximum Gasteiger partial charge on any atom is 0.118 e. The SMILES string of the molecule is C#C/C=C(\C)CCc1ccncc1.C=C/C=C(\C=C/C(C)CC)OCC.C=CCC.C=CN=C/C=C\C. The summed E-state index contributed by atoms with van der Waals surface area (Å²) in [6.45, 7) is 23.6. The van der Waals surface area contributed by atoms with E-state index in [4.69, 9.17) is 11.2 Å². The molecule has 1 aromatic heterocycles. The molecule has 0 N–H and O–H groups in total. The van der Waals surface area contributed by atoms with E-state index in [2.05, 4.69) is 69.4 Å². The number of aliphatic imine (C=N–C) groups is 1. The molecular weight excluding hydrogens is 452 g/mol. The van der Waals surface area contributed by atoms with Crippen LogP contribution < -0.4 is 0 Å². The fraction of sp³-hybridized carbons (Fsp3) is 0.353. The number of nitrogens with zero attached hydrogens (tertiary/aromatic N) is 2. The smallest absolute Gasteiger partial charge is 0.118 e. The summed E-state index contributed by atoms with van der Waals surface area (Å²) >= 11 is 0. The molecule has 0 aliphatic carbocycles. The van der Waals surface area contributed by atoms with Gasteiger partial charge in [0.1, 0.15) is 5.76 Å². The van der Waals surface area contributed by atoms with Gasteiger partial charge in [0.25, 0.3) is 0 Å².